The smallest absolute Gasteiger partial charge is 0.0121 e. The molecule has 0 aromatic rings. The second-order valence-corrected chi connectivity index (χ2v) is 2.34. The molecule has 9 heavy (non-hydrogen) atoms. The molecule has 0 aromatic heterocycles. The monoisotopic (exact) mass is 148 g/mol. The molecule has 0 radical (unpaired) electrons. The summed E-state index contributed by atoms with van der Waals surface area (Å²) in [5, 5.41) is 3.79. The zero-order valence-electron chi connectivity index (χ0n) is 5.49. The maximum atomic E-state index is 5.49. The van der Waals surface area contributed by atoms with E-state index >= 15 is 0 Å². The van der Waals surface area contributed by atoms with Crippen LogP contribution in [0.2, 0.25) is 0 Å². The third kappa shape index (κ3) is 7.95. The molecular formula is C6H13ClN2. The lowest BCUT2D eigenvalue weighted by Gasteiger charge is -1.99. The van der Waals surface area contributed by atoms with E-state index in [1.54, 1.807) is 0 Å². The Morgan fingerprint density at radius 2 is 2.22 bits per heavy atom. The maximum absolute atomic E-state index is 5.49. The molecule has 0 saturated carbocycles. The molecule has 0 saturated heterocycles. The first kappa shape index (κ1) is 8.95. The van der Waals surface area contributed by atoms with Gasteiger partial charge in [-0.15, -0.1) is 0 Å². The van der Waals surface area contributed by atoms with E-state index in [4.69, 9.17) is 17.3 Å². The van der Waals surface area contributed by atoms with Crippen LogP contribution in [0.4, 0.5) is 0 Å². The number of halogens is 1. The van der Waals surface area contributed by atoms with Gasteiger partial charge >= 0.3 is 0 Å². The molecular weight excluding hydrogens is 136 g/mol. The van der Waals surface area contributed by atoms with E-state index in [2.05, 4.69) is 11.9 Å². The molecule has 0 spiro atoms. The van der Waals surface area contributed by atoms with Crippen molar-refractivity contribution in [1.82, 2.24) is 5.32 Å². The summed E-state index contributed by atoms with van der Waals surface area (Å²) in [5.41, 5.74) is 5.23. The van der Waals surface area contributed by atoms with Gasteiger partial charge in [-0.3, -0.25) is 0 Å². The maximum Gasteiger partial charge on any atom is 0.0121 e. The summed E-state index contributed by atoms with van der Waals surface area (Å²) in [5.74, 6) is 0. The van der Waals surface area contributed by atoms with Crippen molar-refractivity contribution in [3.63, 3.8) is 0 Å². The summed E-state index contributed by atoms with van der Waals surface area (Å²) < 4.78 is 0. The third-order valence-corrected chi connectivity index (χ3v) is 1.08. The van der Waals surface area contributed by atoms with Crippen LogP contribution < -0.4 is 11.1 Å². The Hall–Kier alpha value is -0.0500. The van der Waals surface area contributed by atoms with Crippen molar-refractivity contribution in [3.8, 4) is 0 Å². The van der Waals surface area contributed by atoms with Crippen LogP contribution in [0.1, 0.15) is 6.42 Å². The highest BCUT2D eigenvalue weighted by molar-refractivity contribution is 6.29. The van der Waals surface area contributed by atoms with Crippen molar-refractivity contribution in [2.75, 3.05) is 19.6 Å². The summed E-state index contributed by atoms with van der Waals surface area (Å²) in [7, 11) is 0. The highest BCUT2D eigenvalue weighted by Crippen LogP contribution is 1.99. The number of nitrogens with two attached hydrogens (primary N) is 1. The Balaban J connectivity index is 2.83. The van der Waals surface area contributed by atoms with Crippen molar-refractivity contribution in [2.45, 2.75) is 6.42 Å². The van der Waals surface area contributed by atoms with Gasteiger partial charge in [0.05, 0.1) is 0 Å². The average Bonchev–Trinajstić information content (AvgIpc) is 1.80. The van der Waals surface area contributed by atoms with Crippen LogP contribution in [0.5, 0.6) is 0 Å². The summed E-state index contributed by atoms with van der Waals surface area (Å²) in [4.78, 5) is 0. The first-order valence-corrected chi connectivity index (χ1v) is 3.39. The number of nitrogens with one attached hydrogen (secondary N) is 1. The molecule has 3 N–H and O–H groups in total. The van der Waals surface area contributed by atoms with E-state index in [9.17, 15) is 0 Å². The van der Waals surface area contributed by atoms with Crippen LogP contribution in [0.3, 0.4) is 0 Å². The molecule has 0 rings (SSSR count). The summed E-state index contributed by atoms with van der Waals surface area (Å²) in [6.45, 7) is 5.95. The Morgan fingerprint density at radius 3 is 2.67 bits per heavy atom. The topological polar surface area (TPSA) is 38.0 Å². The van der Waals surface area contributed by atoms with Crippen LogP contribution in [0.15, 0.2) is 11.6 Å². The van der Waals surface area contributed by atoms with E-state index < -0.39 is 0 Å². The Morgan fingerprint density at radius 1 is 1.56 bits per heavy atom. The van der Waals surface area contributed by atoms with Crippen molar-refractivity contribution >= 4 is 11.6 Å². The average molecular weight is 149 g/mol. The molecule has 54 valence electrons. The largest absolute Gasteiger partial charge is 0.329 e. The van der Waals surface area contributed by atoms with Gasteiger partial charge in [0.15, 0.2) is 0 Å². The minimum Gasteiger partial charge on any atom is -0.329 e. The van der Waals surface area contributed by atoms with Crippen LogP contribution in [0.25, 0.3) is 0 Å². The van der Waals surface area contributed by atoms with E-state index in [1.165, 1.54) is 0 Å². The standard InChI is InChI=1S/C6H13ClN2/c1-6(7)2-4-9-5-3-8/h9H,1-5,8H2. The van der Waals surface area contributed by atoms with E-state index in [0.717, 1.165) is 19.5 Å². The van der Waals surface area contributed by atoms with Gasteiger partial charge in [0, 0.05) is 24.7 Å². The Bertz CT molecular complexity index is 83.1. The molecule has 0 aromatic carbocycles. The minimum absolute atomic E-state index is 0.675. The van der Waals surface area contributed by atoms with Crippen LogP contribution in [-0.2, 0) is 0 Å². The summed E-state index contributed by atoms with van der Waals surface area (Å²) in [6.07, 6.45) is 0.821. The number of hydrogen-bond donors (Lipinski definition) is 2. The van der Waals surface area contributed by atoms with Crippen molar-refractivity contribution in [1.29, 1.82) is 0 Å². The molecule has 0 atom stereocenters. The van der Waals surface area contributed by atoms with Crippen molar-refractivity contribution in [2.24, 2.45) is 5.73 Å². The van der Waals surface area contributed by atoms with Crippen LogP contribution in [-0.4, -0.2) is 19.6 Å². The zero-order chi connectivity index (χ0) is 7.11. The Kier molecular flexibility index (Phi) is 6.04. The molecule has 0 fully saturated rings. The van der Waals surface area contributed by atoms with Crippen molar-refractivity contribution in [3.05, 3.63) is 11.6 Å². The van der Waals surface area contributed by atoms with Gasteiger partial charge in [-0.25, -0.2) is 0 Å². The number of hydrogen-bond acceptors (Lipinski definition) is 2. The van der Waals surface area contributed by atoms with Crippen LogP contribution >= 0.6 is 11.6 Å². The van der Waals surface area contributed by atoms with E-state index in [1.807, 2.05) is 0 Å². The lowest BCUT2D eigenvalue weighted by Crippen LogP contribution is -2.23. The first-order valence-electron chi connectivity index (χ1n) is 3.01. The molecule has 2 nitrogen and oxygen atoms in total. The molecule has 0 aliphatic rings. The quantitative estimate of drug-likeness (QED) is 0.563. The number of rotatable bonds is 5. The predicted octanol–water partition coefficient (Wildman–Crippen LogP) is 0.677. The van der Waals surface area contributed by atoms with Gasteiger partial charge < -0.3 is 11.1 Å². The van der Waals surface area contributed by atoms with Crippen LogP contribution in [0, 0.1) is 0 Å². The minimum atomic E-state index is 0.675. The molecule has 0 heterocycles. The highest BCUT2D eigenvalue weighted by atomic mass is 35.5. The third-order valence-electron chi connectivity index (χ3n) is 0.894. The molecule has 0 aliphatic carbocycles. The van der Waals surface area contributed by atoms with Gasteiger partial charge in [0.1, 0.15) is 0 Å². The van der Waals surface area contributed by atoms with Crippen molar-refractivity contribution < 1.29 is 0 Å². The fraction of sp³-hybridized carbons (Fsp3) is 0.667. The van der Waals surface area contributed by atoms with Gasteiger partial charge in [-0.1, -0.05) is 18.2 Å². The predicted molar refractivity (Wildman–Crippen MR) is 41.5 cm³/mol. The molecule has 0 aliphatic heterocycles. The SMILES string of the molecule is C=C(Cl)CCNCCN. The van der Waals surface area contributed by atoms with E-state index in [0.29, 0.717) is 11.6 Å². The lowest BCUT2D eigenvalue weighted by molar-refractivity contribution is 0.694. The first-order chi connectivity index (χ1) is 4.27. The summed E-state index contributed by atoms with van der Waals surface area (Å²) >= 11 is 5.49. The summed E-state index contributed by atoms with van der Waals surface area (Å²) in [6, 6.07) is 0. The second-order valence-electron chi connectivity index (χ2n) is 1.81. The fourth-order valence-electron chi connectivity index (χ4n) is 0.451. The van der Waals surface area contributed by atoms with Gasteiger partial charge in [0.2, 0.25) is 0 Å². The van der Waals surface area contributed by atoms with Gasteiger partial charge in [-0.2, -0.15) is 0 Å². The molecule has 0 unspecified atom stereocenters. The van der Waals surface area contributed by atoms with E-state index in [-0.39, 0.29) is 0 Å². The highest BCUT2D eigenvalue weighted by Gasteiger charge is 1.86. The second kappa shape index (κ2) is 6.08. The molecule has 0 amide bonds. The van der Waals surface area contributed by atoms with Gasteiger partial charge in [-0.05, 0) is 6.42 Å². The zero-order valence-corrected chi connectivity index (χ0v) is 6.25. The van der Waals surface area contributed by atoms with Gasteiger partial charge in [0.25, 0.3) is 0 Å². The fourth-order valence-corrected chi connectivity index (χ4v) is 0.546. The Labute approximate surface area is 61.1 Å². The lowest BCUT2D eigenvalue weighted by atomic mass is 10.4. The molecule has 3 heteroatoms. The normalized spacial score (nSPS) is 9.56. The molecule has 0 bridgehead atoms.